The molecule has 3 rings (SSSR count). The maximum Gasteiger partial charge on any atom is 0.306 e. The van der Waals surface area contributed by atoms with Gasteiger partial charge < -0.3 is 10.1 Å². The molecule has 0 aromatic heterocycles. The minimum atomic E-state index is -3.56. The van der Waals surface area contributed by atoms with E-state index in [0.717, 1.165) is 12.8 Å². The first-order valence-electron chi connectivity index (χ1n) is 10.4. The Morgan fingerprint density at radius 2 is 2.00 bits per heavy atom. The maximum atomic E-state index is 12.1. The van der Waals surface area contributed by atoms with Gasteiger partial charge in [-0.2, -0.15) is 0 Å². The number of esters is 1. The number of nitrogens with zero attached hydrogens (tertiary/aromatic N) is 1. The van der Waals surface area contributed by atoms with E-state index in [1.54, 1.807) is 18.2 Å². The van der Waals surface area contributed by atoms with Crippen molar-refractivity contribution >= 4 is 27.7 Å². The SMILES string of the molecule is C[C@@H]1[C@H](C)CCC[C@@H]1NC(=O)COC(=O)CCCN=C1NS(=O)(=O)c2ccccc21. The van der Waals surface area contributed by atoms with Crippen LogP contribution in [0.25, 0.3) is 0 Å². The van der Waals surface area contributed by atoms with Crippen LogP contribution in [0.15, 0.2) is 34.2 Å². The molecule has 1 saturated carbocycles. The predicted octanol–water partition coefficient (Wildman–Crippen LogP) is 1.99. The third-order valence-corrected chi connectivity index (χ3v) is 7.29. The molecule has 2 N–H and O–H groups in total. The van der Waals surface area contributed by atoms with Crippen LogP contribution in [-0.2, 0) is 24.3 Å². The highest BCUT2D eigenvalue weighted by Gasteiger charge is 2.30. The highest BCUT2D eigenvalue weighted by molar-refractivity contribution is 7.90. The number of hydrogen-bond acceptors (Lipinski definition) is 6. The van der Waals surface area contributed by atoms with Crippen molar-refractivity contribution in [3.8, 4) is 0 Å². The Balaban J connectivity index is 1.39. The number of rotatable bonds is 7. The Morgan fingerprint density at radius 1 is 1.23 bits per heavy atom. The van der Waals surface area contributed by atoms with Crippen LogP contribution in [0.4, 0.5) is 0 Å². The molecule has 8 nitrogen and oxygen atoms in total. The summed E-state index contributed by atoms with van der Waals surface area (Å²) < 4.78 is 31.5. The fourth-order valence-electron chi connectivity index (χ4n) is 3.92. The van der Waals surface area contributed by atoms with Gasteiger partial charge in [-0.25, -0.2) is 8.42 Å². The van der Waals surface area contributed by atoms with Crippen molar-refractivity contribution in [2.45, 2.75) is 56.9 Å². The van der Waals surface area contributed by atoms with Crippen LogP contribution < -0.4 is 10.0 Å². The first-order chi connectivity index (χ1) is 14.3. The normalized spacial score (nSPS) is 25.9. The van der Waals surface area contributed by atoms with Crippen LogP contribution in [0.2, 0.25) is 0 Å². The molecule has 1 heterocycles. The van der Waals surface area contributed by atoms with Crippen molar-refractivity contribution in [1.29, 1.82) is 0 Å². The lowest BCUT2D eigenvalue weighted by Gasteiger charge is -2.34. The van der Waals surface area contributed by atoms with Gasteiger partial charge in [0.15, 0.2) is 6.61 Å². The lowest BCUT2D eigenvalue weighted by molar-refractivity contribution is -0.149. The summed E-state index contributed by atoms with van der Waals surface area (Å²) >= 11 is 0. The molecule has 1 aliphatic carbocycles. The minimum Gasteiger partial charge on any atom is -0.456 e. The minimum absolute atomic E-state index is 0.106. The average Bonchev–Trinajstić information content (AvgIpc) is 2.98. The van der Waals surface area contributed by atoms with Gasteiger partial charge in [0.25, 0.3) is 15.9 Å². The van der Waals surface area contributed by atoms with Gasteiger partial charge in [0.1, 0.15) is 5.84 Å². The molecule has 0 saturated heterocycles. The average molecular weight is 436 g/mol. The molecule has 0 spiro atoms. The number of aliphatic imine (C=N–C) groups is 1. The molecule has 9 heteroatoms. The van der Waals surface area contributed by atoms with E-state index in [0.29, 0.717) is 23.8 Å². The first-order valence-corrected chi connectivity index (χ1v) is 11.9. The van der Waals surface area contributed by atoms with Crippen LogP contribution in [0.1, 0.15) is 51.5 Å². The number of ether oxygens (including phenoxy) is 1. The second-order valence-corrected chi connectivity index (χ2v) is 9.69. The number of carbonyl (C=O) groups is 2. The van der Waals surface area contributed by atoms with E-state index < -0.39 is 16.0 Å². The van der Waals surface area contributed by atoms with Crippen molar-refractivity contribution in [2.24, 2.45) is 16.8 Å². The molecule has 1 aliphatic heterocycles. The van der Waals surface area contributed by atoms with Crippen LogP contribution in [-0.4, -0.2) is 45.3 Å². The summed E-state index contributed by atoms with van der Waals surface area (Å²) in [6, 6.07) is 6.74. The van der Waals surface area contributed by atoms with Gasteiger partial charge in [0.05, 0.1) is 4.90 Å². The van der Waals surface area contributed by atoms with Crippen molar-refractivity contribution in [1.82, 2.24) is 10.0 Å². The predicted molar refractivity (Wildman–Crippen MR) is 112 cm³/mol. The number of carbonyl (C=O) groups excluding carboxylic acids is 2. The van der Waals surface area contributed by atoms with Crippen molar-refractivity contribution in [2.75, 3.05) is 13.2 Å². The summed E-state index contributed by atoms with van der Waals surface area (Å²) in [6.07, 6.45) is 3.73. The van der Waals surface area contributed by atoms with Gasteiger partial charge >= 0.3 is 5.97 Å². The van der Waals surface area contributed by atoms with E-state index in [1.807, 2.05) is 0 Å². The number of fused-ring (bicyclic) bond motifs is 1. The van der Waals surface area contributed by atoms with E-state index in [4.69, 9.17) is 4.74 Å². The Kier molecular flexibility index (Phi) is 7.12. The van der Waals surface area contributed by atoms with Crippen molar-refractivity contribution in [3.05, 3.63) is 29.8 Å². The van der Waals surface area contributed by atoms with Crippen molar-refractivity contribution in [3.63, 3.8) is 0 Å². The highest BCUT2D eigenvalue weighted by atomic mass is 32.2. The number of amides is 1. The third kappa shape index (κ3) is 5.38. The fourth-order valence-corrected chi connectivity index (χ4v) is 5.17. The topological polar surface area (TPSA) is 114 Å². The Morgan fingerprint density at radius 3 is 2.80 bits per heavy atom. The quantitative estimate of drug-likeness (QED) is 0.502. The van der Waals surface area contributed by atoms with Crippen LogP contribution in [0.5, 0.6) is 0 Å². The maximum absolute atomic E-state index is 12.1. The molecule has 1 fully saturated rings. The molecule has 2 aliphatic rings. The summed E-state index contributed by atoms with van der Waals surface area (Å²) in [7, 11) is -3.56. The molecule has 0 bridgehead atoms. The zero-order valence-electron chi connectivity index (χ0n) is 17.4. The van der Waals surface area contributed by atoms with E-state index in [9.17, 15) is 18.0 Å². The van der Waals surface area contributed by atoms with E-state index in [-0.39, 0.29) is 42.3 Å². The second kappa shape index (κ2) is 9.59. The first kappa shape index (κ1) is 22.3. The van der Waals surface area contributed by atoms with E-state index in [2.05, 4.69) is 28.9 Å². The monoisotopic (exact) mass is 435 g/mol. The molecule has 0 radical (unpaired) electrons. The molecule has 1 amide bonds. The number of hydrogen-bond donors (Lipinski definition) is 2. The molecule has 0 unspecified atom stereocenters. The molecule has 1 aromatic rings. The molecule has 30 heavy (non-hydrogen) atoms. The van der Waals surface area contributed by atoms with Gasteiger partial charge in [-0.05, 0) is 36.8 Å². The summed E-state index contributed by atoms with van der Waals surface area (Å²) in [5.41, 5.74) is 0.531. The van der Waals surface area contributed by atoms with E-state index >= 15 is 0 Å². The number of amidine groups is 1. The number of benzene rings is 1. The third-order valence-electron chi connectivity index (χ3n) is 5.89. The zero-order chi connectivity index (χ0) is 21.7. The summed E-state index contributed by atoms with van der Waals surface area (Å²) in [6.45, 7) is 4.33. The Hall–Kier alpha value is -2.42. The fraction of sp³-hybridized carbons (Fsp3) is 0.571. The van der Waals surface area contributed by atoms with Gasteiger partial charge in [-0.15, -0.1) is 0 Å². The van der Waals surface area contributed by atoms with Crippen LogP contribution >= 0.6 is 0 Å². The van der Waals surface area contributed by atoms with Gasteiger partial charge in [-0.1, -0.05) is 38.8 Å². The molecular formula is C21H29N3O5S. The Labute approximate surface area is 177 Å². The lowest BCUT2D eigenvalue weighted by Crippen LogP contribution is -2.45. The van der Waals surface area contributed by atoms with Gasteiger partial charge in [0, 0.05) is 24.6 Å². The highest BCUT2D eigenvalue weighted by Crippen LogP contribution is 2.29. The van der Waals surface area contributed by atoms with Gasteiger partial charge in [-0.3, -0.25) is 19.3 Å². The number of nitrogens with one attached hydrogen (secondary N) is 2. The van der Waals surface area contributed by atoms with E-state index in [1.165, 1.54) is 12.5 Å². The largest absolute Gasteiger partial charge is 0.456 e. The summed E-state index contributed by atoms with van der Waals surface area (Å²) in [4.78, 5) is 28.4. The molecular weight excluding hydrogens is 406 g/mol. The molecule has 164 valence electrons. The van der Waals surface area contributed by atoms with Gasteiger partial charge in [0.2, 0.25) is 0 Å². The second-order valence-electron chi connectivity index (χ2n) is 8.04. The van der Waals surface area contributed by atoms with Crippen LogP contribution in [0, 0.1) is 11.8 Å². The summed E-state index contributed by atoms with van der Waals surface area (Å²) in [5.74, 6) is 0.531. The smallest absolute Gasteiger partial charge is 0.306 e. The summed E-state index contributed by atoms with van der Waals surface area (Å²) in [5, 5.41) is 2.97. The standard InChI is InChI=1S/C21H29N3O5S/c1-14-7-5-9-17(15(14)2)23-19(25)13-29-20(26)11-6-12-22-21-16-8-3-4-10-18(16)30(27,28)24-21/h3-4,8,10,14-15,17H,5-7,9,11-13H2,1-2H3,(H,22,24)(H,23,25)/t14-,15-,17+/m1/s1. The Bertz CT molecular complexity index is 928. The molecule has 1 aromatic carbocycles. The van der Waals surface area contributed by atoms with Crippen molar-refractivity contribution < 1.29 is 22.7 Å². The van der Waals surface area contributed by atoms with Crippen LogP contribution in [0.3, 0.4) is 0 Å². The zero-order valence-corrected chi connectivity index (χ0v) is 18.2. The molecule has 3 atom stereocenters. The lowest BCUT2D eigenvalue weighted by atomic mass is 9.78. The number of sulfonamides is 1.